The zero-order valence-corrected chi connectivity index (χ0v) is 9.72. The van der Waals surface area contributed by atoms with E-state index in [9.17, 15) is 4.79 Å². The molecule has 3 nitrogen and oxygen atoms in total. The molecule has 2 amide bonds. The Morgan fingerprint density at radius 3 is 3.20 bits per heavy atom. The monoisotopic (exact) mass is 224 g/mol. The number of thiophene rings is 1. The molecule has 0 aliphatic carbocycles. The number of urea groups is 1. The highest BCUT2D eigenvalue weighted by molar-refractivity contribution is 7.09. The van der Waals surface area contributed by atoms with Crippen molar-refractivity contribution in [2.45, 2.75) is 25.8 Å². The molecule has 1 fully saturated rings. The molecule has 1 N–H and O–H groups in total. The van der Waals surface area contributed by atoms with Crippen LogP contribution in [0.2, 0.25) is 0 Å². The third-order valence-electron chi connectivity index (χ3n) is 2.72. The molecule has 0 aromatic carbocycles. The molecular weight excluding hydrogens is 208 g/mol. The molecule has 2 rings (SSSR count). The van der Waals surface area contributed by atoms with Crippen LogP contribution in [0.15, 0.2) is 17.5 Å². The zero-order valence-electron chi connectivity index (χ0n) is 8.90. The van der Waals surface area contributed by atoms with E-state index in [1.54, 1.807) is 11.3 Å². The third-order valence-corrected chi connectivity index (χ3v) is 3.62. The van der Waals surface area contributed by atoms with Crippen LogP contribution in [-0.2, 0) is 6.42 Å². The molecule has 1 aliphatic heterocycles. The second-order valence-electron chi connectivity index (χ2n) is 3.91. The summed E-state index contributed by atoms with van der Waals surface area (Å²) in [6.45, 7) is 3.82. The summed E-state index contributed by atoms with van der Waals surface area (Å²) in [6, 6.07) is 4.57. The molecule has 1 aromatic heterocycles. The Hall–Kier alpha value is -1.03. The average Bonchev–Trinajstić information content (AvgIpc) is 2.71. The van der Waals surface area contributed by atoms with Gasteiger partial charge in [-0.05, 0) is 24.8 Å². The quantitative estimate of drug-likeness (QED) is 0.837. The van der Waals surface area contributed by atoms with E-state index in [0.717, 1.165) is 25.9 Å². The summed E-state index contributed by atoms with van der Waals surface area (Å²) in [7, 11) is 0. The molecule has 1 aromatic rings. The van der Waals surface area contributed by atoms with Gasteiger partial charge in [0.25, 0.3) is 0 Å². The molecule has 4 heteroatoms. The first-order valence-corrected chi connectivity index (χ1v) is 6.22. The van der Waals surface area contributed by atoms with Crippen LogP contribution in [0.4, 0.5) is 4.79 Å². The summed E-state index contributed by atoms with van der Waals surface area (Å²) >= 11 is 1.76. The SMILES string of the molecule is CC(Cc1cccs1)N1CCCNC1=O. The second-order valence-corrected chi connectivity index (χ2v) is 4.94. The molecule has 1 saturated heterocycles. The summed E-state index contributed by atoms with van der Waals surface area (Å²) in [5.41, 5.74) is 0. The van der Waals surface area contributed by atoms with Crippen LogP contribution in [0.25, 0.3) is 0 Å². The number of carbonyl (C=O) groups excluding carboxylic acids is 1. The summed E-state index contributed by atoms with van der Waals surface area (Å²) in [5.74, 6) is 0. The van der Waals surface area contributed by atoms with Crippen molar-refractivity contribution in [3.05, 3.63) is 22.4 Å². The molecule has 1 unspecified atom stereocenters. The number of carbonyl (C=O) groups is 1. The van der Waals surface area contributed by atoms with Gasteiger partial charge in [0.2, 0.25) is 0 Å². The van der Waals surface area contributed by atoms with Crippen LogP contribution in [-0.4, -0.2) is 30.1 Å². The van der Waals surface area contributed by atoms with Crippen molar-refractivity contribution in [2.24, 2.45) is 0 Å². The molecular formula is C11H16N2OS. The molecule has 1 aliphatic rings. The Balaban J connectivity index is 1.94. The number of amides is 2. The van der Waals surface area contributed by atoms with Crippen molar-refractivity contribution in [1.29, 1.82) is 0 Å². The largest absolute Gasteiger partial charge is 0.338 e. The summed E-state index contributed by atoms with van der Waals surface area (Å²) in [6.07, 6.45) is 2.02. The van der Waals surface area contributed by atoms with Crippen LogP contribution >= 0.6 is 11.3 Å². The van der Waals surface area contributed by atoms with E-state index >= 15 is 0 Å². The van der Waals surface area contributed by atoms with Crippen LogP contribution in [0.3, 0.4) is 0 Å². The highest BCUT2D eigenvalue weighted by atomic mass is 32.1. The van der Waals surface area contributed by atoms with Gasteiger partial charge in [-0.25, -0.2) is 4.79 Å². The maximum absolute atomic E-state index is 11.6. The number of rotatable bonds is 3. The fraction of sp³-hybridized carbons (Fsp3) is 0.545. The lowest BCUT2D eigenvalue weighted by atomic mass is 10.1. The normalized spacial score (nSPS) is 18.7. The molecule has 15 heavy (non-hydrogen) atoms. The van der Waals surface area contributed by atoms with E-state index in [0.29, 0.717) is 6.04 Å². The van der Waals surface area contributed by atoms with Crippen molar-refractivity contribution in [1.82, 2.24) is 10.2 Å². The summed E-state index contributed by atoms with van der Waals surface area (Å²) in [5, 5.41) is 4.96. The van der Waals surface area contributed by atoms with Gasteiger partial charge in [-0.15, -0.1) is 11.3 Å². The fourth-order valence-electron chi connectivity index (χ4n) is 1.90. The minimum Gasteiger partial charge on any atom is -0.338 e. The molecule has 0 saturated carbocycles. The highest BCUT2D eigenvalue weighted by Gasteiger charge is 2.22. The number of nitrogens with one attached hydrogen (secondary N) is 1. The van der Waals surface area contributed by atoms with Gasteiger partial charge in [0, 0.05) is 30.4 Å². The van der Waals surface area contributed by atoms with Gasteiger partial charge in [-0.2, -0.15) is 0 Å². The van der Waals surface area contributed by atoms with Gasteiger partial charge in [0.05, 0.1) is 0 Å². The standard InChI is InChI=1S/C11H16N2OS/c1-9(8-10-4-2-7-15-10)13-6-3-5-12-11(13)14/h2,4,7,9H,3,5-6,8H2,1H3,(H,12,14). The van der Waals surface area contributed by atoms with Crippen molar-refractivity contribution in [2.75, 3.05) is 13.1 Å². The lowest BCUT2D eigenvalue weighted by Crippen LogP contribution is -2.50. The maximum Gasteiger partial charge on any atom is 0.317 e. The number of hydrogen-bond donors (Lipinski definition) is 1. The van der Waals surface area contributed by atoms with E-state index in [1.807, 2.05) is 4.90 Å². The van der Waals surface area contributed by atoms with Crippen LogP contribution in [0.1, 0.15) is 18.2 Å². The average molecular weight is 224 g/mol. The first-order chi connectivity index (χ1) is 7.27. The highest BCUT2D eigenvalue weighted by Crippen LogP contribution is 2.15. The van der Waals surface area contributed by atoms with E-state index in [-0.39, 0.29) is 6.03 Å². The third kappa shape index (κ3) is 2.50. The smallest absolute Gasteiger partial charge is 0.317 e. The van der Waals surface area contributed by atoms with Gasteiger partial charge in [-0.3, -0.25) is 0 Å². The van der Waals surface area contributed by atoms with Gasteiger partial charge in [0.15, 0.2) is 0 Å². The van der Waals surface area contributed by atoms with Crippen LogP contribution in [0.5, 0.6) is 0 Å². The molecule has 0 radical (unpaired) electrons. The van der Waals surface area contributed by atoms with E-state index in [4.69, 9.17) is 0 Å². The first-order valence-electron chi connectivity index (χ1n) is 5.34. The minimum absolute atomic E-state index is 0.0882. The van der Waals surface area contributed by atoms with Crippen molar-refractivity contribution in [3.63, 3.8) is 0 Å². The molecule has 0 bridgehead atoms. The van der Waals surface area contributed by atoms with Crippen molar-refractivity contribution in [3.8, 4) is 0 Å². The fourth-order valence-corrected chi connectivity index (χ4v) is 2.72. The lowest BCUT2D eigenvalue weighted by molar-refractivity contribution is 0.166. The predicted octanol–water partition coefficient (Wildman–Crippen LogP) is 2.09. The second kappa shape index (κ2) is 4.66. The summed E-state index contributed by atoms with van der Waals surface area (Å²) < 4.78 is 0. The number of nitrogens with zero attached hydrogens (tertiary/aromatic N) is 1. The Bertz CT molecular complexity index is 323. The minimum atomic E-state index is 0.0882. The Morgan fingerprint density at radius 2 is 2.53 bits per heavy atom. The maximum atomic E-state index is 11.6. The predicted molar refractivity (Wildman–Crippen MR) is 62.2 cm³/mol. The van der Waals surface area contributed by atoms with E-state index < -0.39 is 0 Å². The Morgan fingerprint density at radius 1 is 1.67 bits per heavy atom. The number of hydrogen-bond acceptors (Lipinski definition) is 2. The molecule has 82 valence electrons. The topological polar surface area (TPSA) is 32.3 Å². The van der Waals surface area contributed by atoms with Crippen LogP contribution in [0, 0.1) is 0 Å². The Kier molecular flexibility index (Phi) is 3.26. The van der Waals surface area contributed by atoms with Gasteiger partial charge >= 0.3 is 6.03 Å². The lowest BCUT2D eigenvalue weighted by Gasteiger charge is -2.32. The molecule has 0 spiro atoms. The van der Waals surface area contributed by atoms with Crippen LogP contribution < -0.4 is 5.32 Å². The molecule has 1 atom stereocenters. The van der Waals surface area contributed by atoms with Crippen molar-refractivity contribution >= 4 is 17.4 Å². The van der Waals surface area contributed by atoms with Gasteiger partial charge in [0.1, 0.15) is 0 Å². The van der Waals surface area contributed by atoms with Gasteiger partial charge in [-0.1, -0.05) is 6.07 Å². The van der Waals surface area contributed by atoms with Gasteiger partial charge < -0.3 is 10.2 Å². The zero-order chi connectivity index (χ0) is 10.7. The van der Waals surface area contributed by atoms with Crippen molar-refractivity contribution < 1.29 is 4.79 Å². The first kappa shape index (κ1) is 10.5. The summed E-state index contributed by atoms with van der Waals surface area (Å²) in [4.78, 5) is 14.9. The van der Waals surface area contributed by atoms with E-state index in [1.165, 1.54) is 4.88 Å². The molecule has 2 heterocycles. The van der Waals surface area contributed by atoms with E-state index in [2.05, 4.69) is 29.8 Å². The Labute approximate surface area is 94.1 Å².